The van der Waals surface area contributed by atoms with Gasteiger partial charge in [-0.2, -0.15) is 5.26 Å². The average Bonchev–Trinajstić information content (AvgIpc) is 2.47. The summed E-state index contributed by atoms with van der Waals surface area (Å²) in [6.45, 7) is 1.07. The quantitative estimate of drug-likeness (QED) is 0.800. The molecule has 0 unspecified atom stereocenters. The van der Waals surface area contributed by atoms with Crippen LogP contribution in [0.5, 0.6) is 0 Å². The monoisotopic (exact) mass is 273 g/mol. The van der Waals surface area contributed by atoms with Crippen LogP contribution in [0.4, 0.5) is 0 Å². The number of hydrogen-bond acceptors (Lipinski definition) is 3. The minimum atomic E-state index is 0.288. The lowest BCUT2D eigenvalue weighted by molar-refractivity contribution is 0.304. The van der Waals surface area contributed by atoms with Gasteiger partial charge in [-0.25, -0.2) is 4.98 Å². The molecule has 4 heteroatoms. The van der Waals surface area contributed by atoms with Crippen molar-refractivity contribution in [3.8, 4) is 6.07 Å². The standard InChI is InChI=1S/C15H16ClN3/c16-15-11(8-17)7-12(9-19-15)13-5-1-3-10-4-2-6-18-14(10)13/h5,7,9-10,14,18H,1-4,6H2/t10-,14+/m1/s1. The maximum Gasteiger partial charge on any atom is 0.146 e. The van der Waals surface area contributed by atoms with E-state index >= 15 is 0 Å². The van der Waals surface area contributed by atoms with Crippen molar-refractivity contribution in [1.82, 2.24) is 10.3 Å². The third kappa shape index (κ3) is 2.39. The first kappa shape index (κ1) is 12.7. The predicted octanol–water partition coefficient (Wildman–Crippen LogP) is 3.15. The smallest absolute Gasteiger partial charge is 0.146 e. The number of piperidine rings is 1. The molecule has 1 aromatic heterocycles. The molecular weight excluding hydrogens is 258 g/mol. The van der Waals surface area contributed by atoms with Crippen LogP contribution < -0.4 is 5.32 Å². The van der Waals surface area contributed by atoms with Crippen LogP contribution >= 0.6 is 11.6 Å². The van der Waals surface area contributed by atoms with Gasteiger partial charge in [0.25, 0.3) is 0 Å². The fraction of sp³-hybridized carbons (Fsp3) is 0.467. The lowest BCUT2D eigenvalue weighted by Gasteiger charge is -2.37. The number of nitrogens with one attached hydrogen (secondary N) is 1. The number of rotatable bonds is 1. The van der Waals surface area contributed by atoms with E-state index in [0.717, 1.165) is 24.4 Å². The van der Waals surface area contributed by atoms with Gasteiger partial charge in [0.15, 0.2) is 0 Å². The summed E-state index contributed by atoms with van der Waals surface area (Å²) in [6.07, 6.45) is 8.99. The molecule has 98 valence electrons. The number of pyridine rings is 1. The fourth-order valence-electron chi connectivity index (χ4n) is 3.19. The van der Waals surface area contributed by atoms with Crippen molar-refractivity contribution < 1.29 is 0 Å². The minimum absolute atomic E-state index is 0.288. The molecule has 1 aromatic rings. The number of nitriles is 1. The molecule has 3 nitrogen and oxygen atoms in total. The van der Waals surface area contributed by atoms with Crippen molar-refractivity contribution in [3.05, 3.63) is 34.6 Å². The highest BCUT2D eigenvalue weighted by atomic mass is 35.5. The van der Waals surface area contributed by atoms with Crippen molar-refractivity contribution in [1.29, 1.82) is 5.26 Å². The van der Waals surface area contributed by atoms with Gasteiger partial charge >= 0.3 is 0 Å². The van der Waals surface area contributed by atoms with Gasteiger partial charge in [-0.15, -0.1) is 0 Å². The molecule has 1 saturated heterocycles. The van der Waals surface area contributed by atoms with Crippen molar-refractivity contribution in [2.75, 3.05) is 6.54 Å². The zero-order valence-corrected chi connectivity index (χ0v) is 11.5. The van der Waals surface area contributed by atoms with E-state index in [1.165, 1.54) is 24.8 Å². The molecule has 2 aliphatic rings. The second-order valence-corrected chi connectivity index (χ2v) is 5.60. The van der Waals surface area contributed by atoms with Crippen molar-refractivity contribution in [2.24, 2.45) is 5.92 Å². The summed E-state index contributed by atoms with van der Waals surface area (Å²) < 4.78 is 0. The Kier molecular flexibility index (Phi) is 3.54. The molecule has 1 N–H and O–H groups in total. The maximum absolute atomic E-state index is 9.06. The molecule has 0 aromatic carbocycles. The largest absolute Gasteiger partial charge is 0.310 e. The van der Waals surface area contributed by atoms with Crippen LogP contribution in [0.3, 0.4) is 0 Å². The van der Waals surface area contributed by atoms with Crippen LogP contribution in [0.2, 0.25) is 5.15 Å². The Morgan fingerprint density at radius 1 is 1.42 bits per heavy atom. The predicted molar refractivity (Wildman–Crippen MR) is 75.7 cm³/mol. The molecule has 0 amide bonds. The Morgan fingerprint density at radius 2 is 2.32 bits per heavy atom. The van der Waals surface area contributed by atoms with Crippen molar-refractivity contribution in [3.63, 3.8) is 0 Å². The van der Waals surface area contributed by atoms with Gasteiger partial charge in [0.05, 0.1) is 5.56 Å². The molecular formula is C15H16ClN3. The van der Waals surface area contributed by atoms with Gasteiger partial charge < -0.3 is 5.32 Å². The van der Waals surface area contributed by atoms with Gasteiger partial charge in [-0.3, -0.25) is 0 Å². The summed E-state index contributed by atoms with van der Waals surface area (Å²) in [5.74, 6) is 0.718. The highest BCUT2D eigenvalue weighted by Gasteiger charge is 2.30. The fourth-order valence-corrected chi connectivity index (χ4v) is 3.34. The van der Waals surface area contributed by atoms with E-state index in [1.807, 2.05) is 6.07 Å². The highest BCUT2D eigenvalue weighted by molar-refractivity contribution is 6.30. The first-order chi connectivity index (χ1) is 9.29. The molecule has 0 spiro atoms. The average molecular weight is 274 g/mol. The number of nitrogens with zero attached hydrogens (tertiary/aromatic N) is 2. The zero-order chi connectivity index (χ0) is 13.2. The first-order valence-electron chi connectivity index (χ1n) is 6.79. The van der Waals surface area contributed by atoms with E-state index in [4.69, 9.17) is 16.9 Å². The summed E-state index contributed by atoms with van der Waals surface area (Å²) in [7, 11) is 0. The lowest BCUT2D eigenvalue weighted by Crippen LogP contribution is -2.43. The Bertz CT molecular complexity index is 559. The third-order valence-corrected chi connectivity index (χ3v) is 4.42. The van der Waals surface area contributed by atoms with E-state index < -0.39 is 0 Å². The summed E-state index contributed by atoms with van der Waals surface area (Å²) in [4.78, 5) is 4.14. The van der Waals surface area contributed by atoms with E-state index in [2.05, 4.69) is 22.4 Å². The Morgan fingerprint density at radius 3 is 3.16 bits per heavy atom. The van der Waals surface area contributed by atoms with E-state index in [9.17, 15) is 0 Å². The number of aromatic nitrogens is 1. The number of halogens is 1. The molecule has 19 heavy (non-hydrogen) atoms. The van der Waals surface area contributed by atoms with Gasteiger partial charge in [0, 0.05) is 12.2 Å². The van der Waals surface area contributed by atoms with Crippen LogP contribution in [0, 0.1) is 17.2 Å². The van der Waals surface area contributed by atoms with E-state index in [-0.39, 0.29) is 5.15 Å². The molecule has 1 aliphatic heterocycles. The summed E-state index contributed by atoms with van der Waals surface area (Å²) in [5.41, 5.74) is 2.78. The van der Waals surface area contributed by atoms with Gasteiger partial charge in [0.1, 0.15) is 11.2 Å². The van der Waals surface area contributed by atoms with Gasteiger partial charge in [-0.05, 0) is 55.3 Å². The van der Waals surface area contributed by atoms with E-state index in [1.54, 1.807) is 6.20 Å². The van der Waals surface area contributed by atoms with Crippen LogP contribution in [0.25, 0.3) is 5.57 Å². The summed E-state index contributed by atoms with van der Waals surface area (Å²) >= 11 is 5.90. The number of fused-ring (bicyclic) bond motifs is 1. The lowest BCUT2D eigenvalue weighted by atomic mass is 9.77. The second kappa shape index (κ2) is 5.32. The molecule has 3 rings (SSSR count). The Labute approximate surface area is 118 Å². The normalized spacial score (nSPS) is 26.2. The molecule has 1 fully saturated rings. The van der Waals surface area contributed by atoms with Crippen molar-refractivity contribution in [2.45, 2.75) is 31.7 Å². The first-order valence-corrected chi connectivity index (χ1v) is 7.17. The maximum atomic E-state index is 9.06. The Hall–Kier alpha value is -1.37. The van der Waals surface area contributed by atoms with Crippen LogP contribution in [-0.2, 0) is 0 Å². The number of hydrogen-bond donors (Lipinski definition) is 1. The summed E-state index contributed by atoms with van der Waals surface area (Å²) in [5, 5.41) is 13.0. The van der Waals surface area contributed by atoms with Crippen LogP contribution in [0.1, 0.15) is 36.8 Å². The van der Waals surface area contributed by atoms with Gasteiger partial charge in [-0.1, -0.05) is 17.7 Å². The molecule has 0 bridgehead atoms. The molecule has 0 radical (unpaired) electrons. The molecule has 0 saturated carbocycles. The summed E-state index contributed by atoms with van der Waals surface area (Å²) in [6, 6.07) is 4.38. The number of allylic oxidation sites excluding steroid dienone is 1. The molecule has 1 aliphatic carbocycles. The molecule has 2 heterocycles. The highest BCUT2D eigenvalue weighted by Crippen LogP contribution is 2.36. The third-order valence-electron chi connectivity index (χ3n) is 4.12. The zero-order valence-electron chi connectivity index (χ0n) is 10.7. The van der Waals surface area contributed by atoms with Crippen molar-refractivity contribution >= 4 is 17.2 Å². The van der Waals surface area contributed by atoms with E-state index in [0.29, 0.717) is 11.6 Å². The van der Waals surface area contributed by atoms with Crippen LogP contribution in [-0.4, -0.2) is 17.6 Å². The molecule has 2 atom stereocenters. The van der Waals surface area contributed by atoms with Gasteiger partial charge in [0.2, 0.25) is 0 Å². The topological polar surface area (TPSA) is 48.7 Å². The minimum Gasteiger partial charge on any atom is -0.310 e. The Balaban J connectivity index is 1.96. The second-order valence-electron chi connectivity index (χ2n) is 5.25. The van der Waals surface area contributed by atoms with Crippen LogP contribution in [0.15, 0.2) is 18.3 Å². The SMILES string of the molecule is N#Cc1cc(C2=CCC[C@@H]3CCCN[C@H]23)cnc1Cl.